The molecule has 2 N–H and O–H groups in total. The van der Waals surface area contributed by atoms with Crippen LogP contribution in [0.25, 0.3) is 43.6 Å². The maximum absolute atomic E-state index is 3.46. The van der Waals surface area contributed by atoms with Crippen LogP contribution in [0.2, 0.25) is 0 Å². The van der Waals surface area contributed by atoms with Gasteiger partial charge in [0.25, 0.3) is 0 Å². The van der Waals surface area contributed by atoms with Crippen LogP contribution in [0.1, 0.15) is 0 Å². The molecule has 6 aromatic rings. The predicted molar refractivity (Wildman–Crippen MR) is 117 cm³/mol. The zero-order chi connectivity index (χ0) is 18.2. The number of benzene rings is 4. The Morgan fingerprint density at radius 2 is 0.889 bits per heavy atom. The Hall–Kier alpha value is -2.88. The average Bonchev–Trinajstić information content (AvgIpc) is 3.28. The number of nitrogens with one attached hydrogen (secondary N) is 2. The minimum absolute atomic E-state index is 1.21. The summed E-state index contributed by atoms with van der Waals surface area (Å²) in [6.45, 7) is 0. The summed E-state index contributed by atoms with van der Waals surface area (Å²) in [7, 11) is 0. The van der Waals surface area contributed by atoms with Crippen molar-refractivity contribution in [1.29, 1.82) is 0 Å². The number of aromatic amines is 2. The van der Waals surface area contributed by atoms with Crippen LogP contribution in [-0.4, -0.2) is 28.6 Å². The fourth-order valence-corrected chi connectivity index (χ4v) is 4.41. The van der Waals surface area contributed by atoms with Crippen molar-refractivity contribution in [3.8, 4) is 0 Å². The van der Waals surface area contributed by atoms with Gasteiger partial charge in [-0.3, -0.25) is 0 Å². The standard InChI is InChI=1S/C12H9N.C12H8N.Ga/c2*1-3-7-11-9(5-1)10-6-2-4-8-12(10)13-11;/h1-8,13H;1-7,13H;. The molecule has 0 fully saturated rings. The molecule has 0 aliphatic heterocycles. The van der Waals surface area contributed by atoms with Gasteiger partial charge in [0.15, 0.2) is 0 Å². The first-order chi connectivity index (χ1) is 13.3. The van der Waals surface area contributed by atoms with Crippen molar-refractivity contribution < 1.29 is 0 Å². The molecule has 0 amide bonds. The Kier molecular flexibility index (Phi) is 4.04. The third-order valence-electron chi connectivity index (χ3n) is 4.99. The summed E-state index contributed by atoms with van der Waals surface area (Å²) in [6, 6.07) is 31.7. The molecule has 0 atom stereocenters. The van der Waals surface area contributed by atoms with Crippen molar-refractivity contribution in [2.24, 2.45) is 0 Å². The van der Waals surface area contributed by atoms with Crippen LogP contribution in [-0.2, 0) is 0 Å². The van der Waals surface area contributed by atoms with E-state index in [0.29, 0.717) is 0 Å². The van der Waals surface area contributed by atoms with E-state index in [1.165, 1.54) is 47.7 Å². The second-order valence-electron chi connectivity index (χ2n) is 6.66. The Bertz CT molecular complexity index is 1340. The first-order valence-electron chi connectivity index (χ1n) is 9.01. The topological polar surface area (TPSA) is 31.6 Å². The molecule has 3 heteroatoms. The molecule has 6 rings (SSSR count). The number of hydrogen-bond donors (Lipinski definition) is 2. The Balaban J connectivity index is 0.000000119. The molecule has 2 radical (unpaired) electrons. The van der Waals surface area contributed by atoms with E-state index in [4.69, 9.17) is 0 Å². The second-order valence-corrected chi connectivity index (χ2v) is 7.96. The molecular weight excluding hydrogens is 386 g/mol. The van der Waals surface area contributed by atoms with Gasteiger partial charge < -0.3 is 4.98 Å². The molecule has 2 aromatic heterocycles. The van der Waals surface area contributed by atoms with Crippen LogP contribution in [0.15, 0.2) is 91.0 Å². The molecule has 0 saturated carbocycles. The van der Waals surface area contributed by atoms with E-state index in [0.717, 1.165) is 0 Å². The molecule has 0 bridgehead atoms. The van der Waals surface area contributed by atoms with Crippen LogP contribution >= 0.6 is 0 Å². The van der Waals surface area contributed by atoms with E-state index in [9.17, 15) is 0 Å². The van der Waals surface area contributed by atoms with Gasteiger partial charge >= 0.3 is 92.0 Å². The first-order valence-corrected chi connectivity index (χ1v) is 10.2. The molecule has 0 aliphatic rings. The molecule has 2 nitrogen and oxygen atoms in total. The number of rotatable bonds is 0. The number of fused-ring (bicyclic) bond motifs is 6. The zero-order valence-corrected chi connectivity index (χ0v) is 17.2. The maximum Gasteiger partial charge on any atom is 0.0464 e. The minimum atomic E-state index is 1.21. The van der Waals surface area contributed by atoms with Crippen molar-refractivity contribution in [1.82, 2.24) is 9.97 Å². The van der Waals surface area contributed by atoms with Gasteiger partial charge in [-0.25, -0.2) is 0 Å². The third kappa shape index (κ3) is 2.85. The summed E-state index contributed by atoms with van der Waals surface area (Å²) in [5.41, 5.74) is 4.94. The number of para-hydroxylation sites is 4. The zero-order valence-electron chi connectivity index (χ0n) is 14.7. The third-order valence-corrected chi connectivity index (χ3v) is 6.00. The van der Waals surface area contributed by atoms with Crippen molar-refractivity contribution in [3.63, 3.8) is 0 Å². The molecule has 0 spiro atoms. The quantitative estimate of drug-likeness (QED) is 0.317. The normalized spacial score (nSPS) is 11.1. The predicted octanol–water partition coefficient (Wildman–Crippen LogP) is 5.44. The Labute approximate surface area is 167 Å². The molecule has 0 unspecified atom stereocenters. The van der Waals surface area contributed by atoms with Crippen molar-refractivity contribution in [2.75, 3.05) is 0 Å². The fourth-order valence-electron chi connectivity index (χ4n) is 3.69. The van der Waals surface area contributed by atoms with E-state index in [1.54, 1.807) is 18.6 Å². The van der Waals surface area contributed by atoms with Gasteiger partial charge in [0.1, 0.15) is 0 Å². The molecule has 126 valence electrons. The molecular formula is C24H17GaN2. The van der Waals surface area contributed by atoms with Crippen molar-refractivity contribution in [2.45, 2.75) is 0 Å². The largest absolute Gasteiger partial charge is 0.355 e. The summed E-state index contributed by atoms with van der Waals surface area (Å²) >= 11 is 1.67. The van der Waals surface area contributed by atoms with E-state index >= 15 is 0 Å². The van der Waals surface area contributed by atoms with Crippen LogP contribution in [0.4, 0.5) is 0 Å². The van der Waals surface area contributed by atoms with Crippen LogP contribution < -0.4 is 4.12 Å². The minimum Gasteiger partial charge on any atom is -0.355 e. The first kappa shape index (κ1) is 16.3. The fraction of sp³-hybridized carbons (Fsp3) is 0. The summed E-state index contributed by atoms with van der Waals surface area (Å²) < 4.78 is 1.37. The van der Waals surface area contributed by atoms with Gasteiger partial charge in [0.05, 0.1) is 0 Å². The van der Waals surface area contributed by atoms with Crippen molar-refractivity contribution >= 4 is 66.3 Å². The Morgan fingerprint density at radius 3 is 1.48 bits per heavy atom. The van der Waals surface area contributed by atoms with Crippen LogP contribution in [0, 0.1) is 0 Å². The SMILES string of the molecule is [Ga][c]1cccc2c1[nH]c1ccccc12.c1ccc2c(c1)[nH]c1ccccc12. The summed E-state index contributed by atoms with van der Waals surface area (Å²) in [5, 5.41) is 5.26. The second kappa shape index (κ2) is 6.69. The monoisotopic (exact) mass is 402 g/mol. The van der Waals surface area contributed by atoms with E-state index in [1.807, 2.05) is 0 Å². The smallest absolute Gasteiger partial charge is 0.0464 e. The summed E-state index contributed by atoms with van der Waals surface area (Å²) in [4.78, 5) is 6.84. The number of H-pyrrole nitrogens is 2. The molecule has 0 aliphatic carbocycles. The van der Waals surface area contributed by atoms with Gasteiger partial charge in [-0.05, 0) is 12.1 Å². The summed E-state index contributed by atoms with van der Waals surface area (Å²) in [5.74, 6) is 0. The average molecular weight is 403 g/mol. The summed E-state index contributed by atoms with van der Waals surface area (Å²) in [6.07, 6.45) is 0. The van der Waals surface area contributed by atoms with Crippen LogP contribution in [0.3, 0.4) is 0 Å². The number of hydrogen-bond acceptors (Lipinski definition) is 0. The van der Waals surface area contributed by atoms with Gasteiger partial charge in [0, 0.05) is 21.8 Å². The van der Waals surface area contributed by atoms with E-state index in [2.05, 4.69) is 101 Å². The van der Waals surface area contributed by atoms with E-state index in [-0.39, 0.29) is 0 Å². The van der Waals surface area contributed by atoms with Gasteiger partial charge in [0.2, 0.25) is 0 Å². The molecule has 27 heavy (non-hydrogen) atoms. The molecule has 2 heterocycles. The number of aromatic nitrogens is 2. The van der Waals surface area contributed by atoms with Gasteiger partial charge in [-0.15, -0.1) is 0 Å². The van der Waals surface area contributed by atoms with Crippen LogP contribution in [0.5, 0.6) is 0 Å². The van der Waals surface area contributed by atoms with E-state index < -0.39 is 0 Å². The Morgan fingerprint density at radius 1 is 0.444 bits per heavy atom. The van der Waals surface area contributed by atoms with Gasteiger partial charge in [-0.2, -0.15) is 0 Å². The van der Waals surface area contributed by atoms with Crippen molar-refractivity contribution in [3.05, 3.63) is 91.0 Å². The van der Waals surface area contributed by atoms with Gasteiger partial charge in [-0.1, -0.05) is 36.4 Å². The molecule has 0 saturated heterocycles. The maximum atomic E-state index is 3.46. The molecule has 4 aromatic carbocycles.